The molecule has 242 valence electrons. The van der Waals surface area contributed by atoms with Gasteiger partial charge in [0, 0.05) is 23.5 Å². The quantitative estimate of drug-likeness (QED) is 0.156. The number of amides is 2. The van der Waals surface area contributed by atoms with Crippen LogP contribution in [0.3, 0.4) is 0 Å². The van der Waals surface area contributed by atoms with Gasteiger partial charge in [0.2, 0.25) is 21.8 Å². The van der Waals surface area contributed by atoms with Crippen LogP contribution in [0.15, 0.2) is 114 Å². The first kappa shape index (κ1) is 34.7. The monoisotopic (exact) mass is 705 g/mol. The molecule has 0 aliphatic rings. The Morgan fingerprint density at radius 1 is 0.848 bits per heavy atom. The summed E-state index contributed by atoms with van der Waals surface area (Å²) in [5, 5.41) is 3.04. The van der Waals surface area contributed by atoms with Crippen molar-refractivity contribution >= 4 is 43.5 Å². The lowest BCUT2D eigenvalue weighted by molar-refractivity contribution is -0.140. The standard InChI is InChI=1S/C36H40BrN3O5S/c1-4-27(2)38-36(42)34(23-28-12-7-5-8-13-28)39(24-30-16-11-17-31(37)22-30)35(41)25-40(46(3,43)44)32-18-20-33(21-19-32)45-26-29-14-9-6-10-15-29/h5-22,27,34H,4,23-26H2,1-3H3,(H,38,42)/t27-,34-/m0/s1. The van der Waals surface area contributed by atoms with Gasteiger partial charge in [-0.3, -0.25) is 13.9 Å². The predicted molar refractivity (Wildman–Crippen MR) is 186 cm³/mol. The van der Waals surface area contributed by atoms with E-state index in [-0.39, 0.29) is 24.9 Å². The Bertz CT molecular complexity index is 1690. The van der Waals surface area contributed by atoms with Crippen LogP contribution >= 0.6 is 15.9 Å². The van der Waals surface area contributed by atoms with E-state index in [4.69, 9.17) is 4.74 Å². The number of hydrogen-bond acceptors (Lipinski definition) is 5. The van der Waals surface area contributed by atoms with Crippen LogP contribution < -0.4 is 14.4 Å². The zero-order chi connectivity index (χ0) is 33.1. The summed E-state index contributed by atoms with van der Waals surface area (Å²) in [6, 6.07) is 32.3. The summed E-state index contributed by atoms with van der Waals surface area (Å²) in [4.78, 5) is 29.6. The minimum Gasteiger partial charge on any atom is -0.489 e. The van der Waals surface area contributed by atoms with Crippen LogP contribution in [-0.2, 0) is 39.2 Å². The van der Waals surface area contributed by atoms with Crippen molar-refractivity contribution in [3.63, 3.8) is 0 Å². The van der Waals surface area contributed by atoms with Crippen molar-refractivity contribution in [3.05, 3.63) is 130 Å². The van der Waals surface area contributed by atoms with Crippen molar-refractivity contribution in [2.45, 2.75) is 51.9 Å². The molecular weight excluding hydrogens is 666 g/mol. The molecule has 10 heteroatoms. The first-order valence-electron chi connectivity index (χ1n) is 15.2. The Kier molecular flexibility index (Phi) is 12.4. The van der Waals surface area contributed by atoms with E-state index < -0.39 is 28.5 Å². The molecule has 4 aromatic rings. The third-order valence-electron chi connectivity index (χ3n) is 7.57. The predicted octanol–water partition coefficient (Wildman–Crippen LogP) is 6.35. The number of rotatable bonds is 15. The second-order valence-corrected chi connectivity index (χ2v) is 14.0. The fourth-order valence-electron chi connectivity index (χ4n) is 4.89. The molecule has 2 amide bonds. The van der Waals surface area contributed by atoms with Gasteiger partial charge in [0.1, 0.15) is 24.9 Å². The second-order valence-electron chi connectivity index (χ2n) is 11.2. The van der Waals surface area contributed by atoms with Crippen LogP contribution in [0.2, 0.25) is 0 Å². The number of benzene rings is 4. The zero-order valence-corrected chi connectivity index (χ0v) is 28.7. The highest BCUT2D eigenvalue weighted by Crippen LogP contribution is 2.24. The number of carbonyl (C=O) groups is 2. The lowest BCUT2D eigenvalue weighted by Gasteiger charge is -2.34. The highest BCUT2D eigenvalue weighted by Gasteiger charge is 2.33. The molecule has 0 radical (unpaired) electrons. The maximum absolute atomic E-state index is 14.3. The minimum absolute atomic E-state index is 0.105. The number of carbonyl (C=O) groups excluding carboxylic acids is 2. The van der Waals surface area contributed by atoms with E-state index in [1.165, 1.54) is 4.90 Å². The molecule has 46 heavy (non-hydrogen) atoms. The SMILES string of the molecule is CC[C@H](C)NC(=O)[C@H](Cc1ccccc1)N(Cc1cccc(Br)c1)C(=O)CN(c1ccc(OCc2ccccc2)cc1)S(C)(=O)=O. The van der Waals surface area contributed by atoms with Crippen molar-refractivity contribution in [1.82, 2.24) is 10.2 Å². The summed E-state index contributed by atoms with van der Waals surface area (Å²) in [7, 11) is -3.89. The van der Waals surface area contributed by atoms with Crippen LogP contribution in [0, 0.1) is 0 Å². The average Bonchev–Trinajstić information content (AvgIpc) is 3.05. The van der Waals surface area contributed by atoms with Gasteiger partial charge in [-0.1, -0.05) is 95.7 Å². The van der Waals surface area contributed by atoms with E-state index in [1.807, 2.05) is 98.8 Å². The maximum Gasteiger partial charge on any atom is 0.244 e. The number of ether oxygens (including phenoxy) is 1. The summed E-state index contributed by atoms with van der Waals surface area (Å²) in [5.74, 6) is -0.240. The summed E-state index contributed by atoms with van der Waals surface area (Å²) in [5.41, 5.74) is 2.99. The average molecular weight is 707 g/mol. The van der Waals surface area contributed by atoms with Crippen molar-refractivity contribution in [2.75, 3.05) is 17.1 Å². The van der Waals surface area contributed by atoms with Gasteiger partial charge in [-0.2, -0.15) is 0 Å². The van der Waals surface area contributed by atoms with Gasteiger partial charge in [-0.15, -0.1) is 0 Å². The molecule has 0 bridgehead atoms. The fourth-order valence-corrected chi connectivity index (χ4v) is 6.19. The van der Waals surface area contributed by atoms with Crippen molar-refractivity contribution < 1.29 is 22.7 Å². The largest absolute Gasteiger partial charge is 0.489 e. The molecule has 0 unspecified atom stereocenters. The van der Waals surface area contributed by atoms with E-state index in [2.05, 4.69) is 21.2 Å². The molecular formula is C36H40BrN3O5S. The summed E-state index contributed by atoms with van der Waals surface area (Å²) >= 11 is 3.50. The Hall–Kier alpha value is -4.15. The highest BCUT2D eigenvalue weighted by molar-refractivity contribution is 9.10. The molecule has 0 saturated carbocycles. The lowest BCUT2D eigenvalue weighted by atomic mass is 10.0. The molecule has 0 heterocycles. The normalized spacial score (nSPS) is 12.5. The Morgan fingerprint density at radius 2 is 1.46 bits per heavy atom. The van der Waals surface area contributed by atoms with Gasteiger partial charge in [0.05, 0.1) is 11.9 Å². The Labute approximate surface area is 280 Å². The first-order valence-corrected chi connectivity index (χ1v) is 17.8. The second kappa shape index (κ2) is 16.4. The van der Waals surface area contributed by atoms with E-state index in [0.29, 0.717) is 18.0 Å². The van der Waals surface area contributed by atoms with Gasteiger partial charge in [0.15, 0.2) is 0 Å². The van der Waals surface area contributed by atoms with Crippen LogP contribution in [0.4, 0.5) is 5.69 Å². The van der Waals surface area contributed by atoms with Gasteiger partial charge < -0.3 is 15.0 Å². The van der Waals surface area contributed by atoms with Crippen molar-refractivity contribution in [1.29, 1.82) is 0 Å². The van der Waals surface area contributed by atoms with E-state index in [0.717, 1.165) is 38.1 Å². The number of nitrogens with one attached hydrogen (secondary N) is 1. The first-order chi connectivity index (χ1) is 22.0. The molecule has 4 aromatic carbocycles. The van der Waals surface area contributed by atoms with E-state index in [1.54, 1.807) is 24.3 Å². The van der Waals surface area contributed by atoms with Crippen LogP contribution in [-0.4, -0.2) is 50.0 Å². The van der Waals surface area contributed by atoms with Gasteiger partial charge in [0.25, 0.3) is 0 Å². The molecule has 0 spiro atoms. The van der Waals surface area contributed by atoms with Crippen LogP contribution in [0.1, 0.15) is 37.0 Å². The molecule has 2 atom stereocenters. The van der Waals surface area contributed by atoms with Crippen molar-refractivity contribution in [3.8, 4) is 5.75 Å². The molecule has 0 fully saturated rings. The number of nitrogens with zero attached hydrogens (tertiary/aromatic N) is 2. The Balaban J connectivity index is 1.65. The topological polar surface area (TPSA) is 96.0 Å². The van der Waals surface area contributed by atoms with Crippen LogP contribution in [0.25, 0.3) is 0 Å². The summed E-state index contributed by atoms with van der Waals surface area (Å²) in [6.45, 7) is 3.87. The zero-order valence-electron chi connectivity index (χ0n) is 26.3. The molecule has 0 aliphatic carbocycles. The van der Waals surface area contributed by atoms with Crippen molar-refractivity contribution in [2.24, 2.45) is 0 Å². The molecule has 1 N–H and O–H groups in total. The number of sulfonamides is 1. The van der Waals surface area contributed by atoms with Gasteiger partial charge in [-0.05, 0) is 66.4 Å². The maximum atomic E-state index is 14.3. The summed E-state index contributed by atoms with van der Waals surface area (Å²) < 4.78 is 34.0. The minimum atomic E-state index is -3.89. The van der Waals surface area contributed by atoms with Crippen LogP contribution in [0.5, 0.6) is 5.75 Å². The fraction of sp³-hybridized carbons (Fsp3) is 0.278. The number of halogens is 1. The molecule has 8 nitrogen and oxygen atoms in total. The van der Waals surface area contributed by atoms with E-state index >= 15 is 0 Å². The summed E-state index contributed by atoms with van der Waals surface area (Å²) in [6.07, 6.45) is 2.04. The molecule has 0 saturated heterocycles. The molecule has 4 rings (SSSR count). The smallest absolute Gasteiger partial charge is 0.244 e. The number of hydrogen-bond donors (Lipinski definition) is 1. The molecule has 0 aliphatic heterocycles. The van der Waals surface area contributed by atoms with Gasteiger partial charge >= 0.3 is 0 Å². The van der Waals surface area contributed by atoms with E-state index in [9.17, 15) is 18.0 Å². The third-order valence-corrected chi connectivity index (χ3v) is 9.20. The Morgan fingerprint density at radius 3 is 2.04 bits per heavy atom. The lowest BCUT2D eigenvalue weighted by Crippen LogP contribution is -2.54. The molecule has 0 aromatic heterocycles. The highest BCUT2D eigenvalue weighted by atomic mass is 79.9. The third kappa shape index (κ3) is 10.2. The number of anilines is 1. The van der Waals surface area contributed by atoms with Gasteiger partial charge in [-0.25, -0.2) is 8.42 Å².